The topological polar surface area (TPSA) is 92.9 Å². The molecule has 5 heterocycles. The van der Waals surface area contributed by atoms with Gasteiger partial charge in [-0.05, 0) is 47.5 Å². The van der Waals surface area contributed by atoms with Crippen LogP contribution in [-0.2, 0) is 7.05 Å². The van der Waals surface area contributed by atoms with Crippen molar-refractivity contribution in [3.63, 3.8) is 0 Å². The van der Waals surface area contributed by atoms with Gasteiger partial charge >= 0.3 is 0 Å². The Morgan fingerprint density at radius 2 is 1.78 bits per heavy atom. The zero-order valence-electron chi connectivity index (χ0n) is 20.1. The molecule has 0 radical (unpaired) electrons. The largest absolute Gasteiger partial charge is 0.353 e. The van der Waals surface area contributed by atoms with E-state index in [9.17, 15) is 9.18 Å². The predicted octanol–water partition coefficient (Wildman–Crippen LogP) is 3.59. The van der Waals surface area contributed by atoms with Gasteiger partial charge in [0.15, 0.2) is 11.5 Å². The maximum absolute atomic E-state index is 14.0. The van der Waals surface area contributed by atoms with Gasteiger partial charge in [0, 0.05) is 74.5 Å². The van der Waals surface area contributed by atoms with Gasteiger partial charge in [0.2, 0.25) is 0 Å². The fraction of sp³-hybridized carbons (Fsp3) is 0.185. The average molecular weight is 495 g/mol. The zero-order valence-corrected chi connectivity index (χ0v) is 20.1. The maximum Gasteiger partial charge on any atom is 0.275 e. The van der Waals surface area contributed by atoms with Crippen LogP contribution in [0.1, 0.15) is 10.5 Å². The number of halogens is 1. The van der Waals surface area contributed by atoms with Gasteiger partial charge in [-0.2, -0.15) is 5.10 Å². The van der Waals surface area contributed by atoms with Gasteiger partial charge < -0.3 is 9.80 Å². The summed E-state index contributed by atoms with van der Waals surface area (Å²) in [4.78, 5) is 33.8. The van der Waals surface area contributed by atoms with E-state index in [2.05, 4.69) is 31.0 Å². The second kappa shape index (κ2) is 9.38. The van der Waals surface area contributed by atoms with Gasteiger partial charge in [-0.15, -0.1) is 0 Å². The van der Waals surface area contributed by atoms with E-state index in [0.717, 1.165) is 39.0 Å². The van der Waals surface area contributed by atoms with E-state index in [1.165, 1.54) is 18.3 Å². The monoisotopic (exact) mass is 494 g/mol. The highest BCUT2D eigenvalue weighted by molar-refractivity contribution is 5.97. The molecule has 1 aliphatic rings. The average Bonchev–Trinajstić information content (AvgIpc) is 3.39. The van der Waals surface area contributed by atoms with Crippen molar-refractivity contribution in [2.75, 3.05) is 31.1 Å². The first kappa shape index (κ1) is 22.7. The number of benzene rings is 1. The molecule has 5 aromatic rings. The number of aryl methyl sites for hydroxylation is 1. The van der Waals surface area contributed by atoms with E-state index in [-0.39, 0.29) is 11.6 Å². The lowest BCUT2D eigenvalue weighted by Gasteiger charge is -2.35. The van der Waals surface area contributed by atoms with E-state index in [1.807, 2.05) is 50.0 Å². The number of fused-ring (bicyclic) bond motifs is 1. The van der Waals surface area contributed by atoms with Crippen LogP contribution >= 0.6 is 0 Å². The number of anilines is 1. The fourth-order valence-corrected chi connectivity index (χ4v) is 4.62. The molecule has 0 bridgehead atoms. The molecule has 184 valence electrons. The van der Waals surface area contributed by atoms with Gasteiger partial charge in [0.1, 0.15) is 12.1 Å². The van der Waals surface area contributed by atoms with Crippen molar-refractivity contribution in [1.82, 2.24) is 34.6 Å². The second-order valence-electron chi connectivity index (χ2n) is 8.90. The molecular formula is C27H23FN8O. The van der Waals surface area contributed by atoms with Crippen molar-refractivity contribution in [3.05, 3.63) is 85.2 Å². The lowest BCUT2D eigenvalue weighted by Crippen LogP contribution is -2.49. The Labute approximate surface area is 212 Å². The van der Waals surface area contributed by atoms with Crippen molar-refractivity contribution in [2.24, 2.45) is 7.05 Å². The number of hydrogen-bond donors (Lipinski definition) is 0. The minimum atomic E-state index is -0.599. The summed E-state index contributed by atoms with van der Waals surface area (Å²) < 4.78 is 15.8. The summed E-state index contributed by atoms with van der Waals surface area (Å²) in [6, 6.07) is 10.9. The van der Waals surface area contributed by atoms with Crippen LogP contribution < -0.4 is 4.90 Å². The highest BCUT2D eigenvalue weighted by atomic mass is 19.1. The normalized spacial score (nSPS) is 13.8. The van der Waals surface area contributed by atoms with Gasteiger partial charge in [-0.1, -0.05) is 0 Å². The number of carbonyl (C=O) groups excluding carboxylic acids is 1. The van der Waals surface area contributed by atoms with Crippen LogP contribution in [0.2, 0.25) is 0 Å². The van der Waals surface area contributed by atoms with Crippen LogP contribution in [0.15, 0.2) is 73.7 Å². The lowest BCUT2D eigenvalue weighted by atomic mass is 9.97. The molecule has 0 aliphatic carbocycles. The number of rotatable bonds is 4. The first-order valence-corrected chi connectivity index (χ1v) is 11.9. The number of aromatic nitrogens is 6. The van der Waals surface area contributed by atoms with E-state index in [0.29, 0.717) is 26.2 Å². The van der Waals surface area contributed by atoms with Crippen molar-refractivity contribution in [3.8, 4) is 22.3 Å². The molecule has 4 aromatic heterocycles. The Kier molecular flexibility index (Phi) is 5.76. The van der Waals surface area contributed by atoms with Crippen molar-refractivity contribution in [2.45, 2.75) is 0 Å². The number of carbonyl (C=O) groups is 1. The van der Waals surface area contributed by atoms with Crippen LogP contribution in [-0.4, -0.2) is 66.7 Å². The van der Waals surface area contributed by atoms with E-state index >= 15 is 0 Å². The highest BCUT2D eigenvalue weighted by Crippen LogP contribution is 2.33. The van der Waals surface area contributed by atoms with Gasteiger partial charge in [-0.25, -0.2) is 24.3 Å². The van der Waals surface area contributed by atoms with Gasteiger partial charge in [0.25, 0.3) is 5.91 Å². The van der Waals surface area contributed by atoms with E-state index in [1.54, 1.807) is 15.9 Å². The molecule has 0 N–H and O–H groups in total. The molecule has 0 unspecified atom stereocenters. The number of hydrogen-bond acceptors (Lipinski definition) is 7. The van der Waals surface area contributed by atoms with Crippen LogP contribution in [0.5, 0.6) is 0 Å². The summed E-state index contributed by atoms with van der Waals surface area (Å²) in [7, 11) is 1.89. The molecule has 1 amide bonds. The molecule has 1 saturated heterocycles. The summed E-state index contributed by atoms with van der Waals surface area (Å²) in [5.74, 6) is -0.162. The van der Waals surface area contributed by atoms with Crippen LogP contribution in [0.4, 0.5) is 10.2 Å². The third-order valence-corrected chi connectivity index (χ3v) is 6.57. The first-order chi connectivity index (χ1) is 18.1. The van der Waals surface area contributed by atoms with Crippen LogP contribution in [0.3, 0.4) is 0 Å². The third-order valence-electron chi connectivity index (χ3n) is 6.57. The number of piperazine rings is 1. The molecule has 10 heteroatoms. The quantitative estimate of drug-likeness (QED) is 0.377. The fourth-order valence-electron chi connectivity index (χ4n) is 4.62. The second-order valence-corrected chi connectivity index (χ2v) is 8.90. The van der Waals surface area contributed by atoms with E-state index in [4.69, 9.17) is 4.98 Å². The number of pyridine rings is 2. The third kappa shape index (κ3) is 4.37. The minimum absolute atomic E-state index is 0.136. The molecule has 1 aliphatic heterocycles. The molecule has 6 rings (SSSR count). The van der Waals surface area contributed by atoms with Crippen molar-refractivity contribution < 1.29 is 9.18 Å². The predicted molar refractivity (Wildman–Crippen MR) is 137 cm³/mol. The standard InChI is InChI=1S/C27H23FN8O/c1-34-16-20(14-33-34)19-11-21(22-15-29-17-32-24(22)12-19)18-4-5-25(31-13-18)35-7-9-36(10-8-35)27(37)26-23(28)3-2-6-30-26/h2-6,11-17H,7-10H2,1H3. The zero-order chi connectivity index (χ0) is 25.4. The Bertz CT molecular complexity index is 1590. The Morgan fingerprint density at radius 3 is 2.51 bits per heavy atom. The Balaban J connectivity index is 1.23. The van der Waals surface area contributed by atoms with Crippen LogP contribution in [0, 0.1) is 5.82 Å². The lowest BCUT2D eigenvalue weighted by molar-refractivity contribution is 0.0735. The Morgan fingerprint density at radius 1 is 0.919 bits per heavy atom. The van der Waals surface area contributed by atoms with Gasteiger partial charge in [-0.3, -0.25) is 9.48 Å². The number of amides is 1. The SMILES string of the molecule is Cn1cc(-c2cc(-c3ccc(N4CCN(C(=O)c5ncccc5F)CC4)nc3)c3cncnc3c2)cn1. The minimum Gasteiger partial charge on any atom is -0.353 e. The molecule has 0 saturated carbocycles. The number of nitrogens with zero attached hydrogens (tertiary/aromatic N) is 8. The first-order valence-electron chi connectivity index (χ1n) is 11.9. The van der Waals surface area contributed by atoms with Crippen molar-refractivity contribution in [1.29, 1.82) is 0 Å². The maximum atomic E-state index is 14.0. The summed E-state index contributed by atoms with van der Waals surface area (Å²) >= 11 is 0. The van der Waals surface area contributed by atoms with E-state index < -0.39 is 5.82 Å². The summed E-state index contributed by atoms with van der Waals surface area (Å²) in [6.07, 6.45) is 10.5. The molecule has 9 nitrogen and oxygen atoms in total. The highest BCUT2D eigenvalue weighted by Gasteiger charge is 2.25. The van der Waals surface area contributed by atoms with Crippen molar-refractivity contribution >= 4 is 22.6 Å². The molecule has 1 aromatic carbocycles. The molecular weight excluding hydrogens is 471 g/mol. The van der Waals surface area contributed by atoms with Gasteiger partial charge in [0.05, 0.1) is 11.7 Å². The molecule has 0 atom stereocenters. The molecule has 1 fully saturated rings. The molecule has 0 spiro atoms. The summed E-state index contributed by atoms with van der Waals surface area (Å²) in [5.41, 5.74) is 4.68. The smallest absolute Gasteiger partial charge is 0.275 e. The van der Waals surface area contributed by atoms with Crippen LogP contribution in [0.25, 0.3) is 33.2 Å². The Hall–Kier alpha value is -4.73. The molecule has 37 heavy (non-hydrogen) atoms. The summed E-state index contributed by atoms with van der Waals surface area (Å²) in [5, 5.41) is 5.24. The summed E-state index contributed by atoms with van der Waals surface area (Å²) in [6.45, 7) is 2.13.